The number of hydrogen-bond acceptors (Lipinski definition) is 4. The zero-order valence-electron chi connectivity index (χ0n) is 10.0. The normalized spacial score (nSPS) is 17.0. The van der Waals surface area contributed by atoms with Crippen molar-refractivity contribution in [1.29, 1.82) is 0 Å². The molecule has 0 radical (unpaired) electrons. The quantitative estimate of drug-likeness (QED) is 0.526. The standard InChI is InChI=1S/C12H11N3O2.Li/c16-12(17)11-13-10-7-6-9(15(10)14-11)8-4-2-1-3-5-8;/h1-5,9H,6-7H2,(H,16,17);/q;+1/p-1. The maximum atomic E-state index is 10.7. The molecule has 1 aromatic carbocycles. The molecule has 3 rings (SSSR count). The van der Waals surface area contributed by atoms with Crippen LogP contribution in [0, 0.1) is 0 Å². The van der Waals surface area contributed by atoms with Crippen LogP contribution >= 0.6 is 0 Å². The number of nitrogens with zero attached hydrogens (tertiary/aromatic N) is 3. The summed E-state index contributed by atoms with van der Waals surface area (Å²) in [6.45, 7) is 0. The van der Waals surface area contributed by atoms with Gasteiger partial charge < -0.3 is 9.90 Å². The van der Waals surface area contributed by atoms with Gasteiger partial charge in [-0.15, -0.1) is 5.10 Å². The predicted octanol–water partition coefficient (Wildman–Crippen LogP) is -2.82. The minimum Gasteiger partial charge on any atom is -0.541 e. The van der Waals surface area contributed by atoms with E-state index in [1.54, 1.807) is 4.68 Å². The summed E-state index contributed by atoms with van der Waals surface area (Å²) in [4.78, 5) is 14.7. The van der Waals surface area contributed by atoms with Crippen LogP contribution in [0.25, 0.3) is 0 Å². The van der Waals surface area contributed by atoms with Crippen LogP contribution in [-0.2, 0) is 6.42 Å². The second-order valence-electron chi connectivity index (χ2n) is 4.05. The average molecular weight is 235 g/mol. The van der Waals surface area contributed by atoms with Crippen molar-refractivity contribution in [2.45, 2.75) is 18.9 Å². The molecule has 5 nitrogen and oxygen atoms in total. The largest absolute Gasteiger partial charge is 1.00 e. The minimum absolute atomic E-state index is 0. The van der Waals surface area contributed by atoms with E-state index in [4.69, 9.17) is 0 Å². The Bertz CT molecular complexity index is 568. The fourth-order valence-corrected chi connectivity index (χ4v) is 2.23. The minimum atomic E-state index is -1.32. The number of carbonyl (C=O) groups excluding carboxylic acids is 1. The molecule has 86 valence electrons. The van der Waals surface area contributed by atoms with Gasteiger partial charge in [0.25, 0.3) is 0 Å². The van der Waals surface area contributed by atoms with E-state index < -0.39 is 5.97 Å². The first kappa shape index (κ1) is 12.9. The zero-order valence-corrected chi connectivity index (χ0v) is 10.0. The first-order chi connectivity index (χ1) is 8.25. The van der Waals surface area contributed by atoms with Gasteiger partial charge >= 0.3 is 18.9 Å². The van der Waals surface area contributed by atoms with Crippen molar-refractivity contribution < 1.29 is 28.8 Å². The Morgan fingerprint density at radius 3 is 2.72 bits per heavy atom. The second-order valence-corrected chi connectivity index (χ2v) is 4.05. The van der Waals surface area contributed by atoms with E-state index >= 15 is 0 Å². The summed E-state index contributed by atoms with van der Waals surface area (Å²) in [6.07, 6.45) is 1.66. The van der Waals surface area contributed by atoms with Gasteiger partial charge in [0, 0.05) is 6.42 Å². The van der Waals surface area contributed by atoms with E-state index in [0.717, 1.165) is 24.2 Å². The van der Waals surface area contributed by atoms with Crippen LogP contribution in [-0.4, -0.2) is 20.7 Å². The number of hydrogen-bond donors (Lipinski definition) is 0. The third kappa shape index (κ3) is 2.07. The van der Waals surface area contributed by atoms with E-state index in [-0.39, 0.29) is 30.7 Å². The van der Waals surface area contributed by atoms with Crippen LogP contribution in [0.1, 0.15) is 34.5 Å². The van der Waals surface area contributed by atoms with Gasteiger partial charge in [-0.3, -0.25) is 0 Å². The van der Waals surface area contributed by atoms with Gasteiger partial charge in [0.05, 0.1) is 6.04 Å². The van der Waals surface area contributed by atoms with Crippen LogP contribution in [0.15, 0.2) is 30.3 Å². The van der Waals surface area contributed by atoms with Crippen LogP contribution in [0.5, 0.6) is 0 Å². The van der Waals surface area contributed by atoms with Crippen molar-refractivity contribution in [3.63, 3.8) is 0 Å². The van der Waals surface area contributed by atoms with Crippen molar-refractivity contribution in [1.82, 2.24) is 14.8 Å². The number of fused-ring (bicyclic) bond motifs is 1. The smallest absolute Gasteiger partial charge is 0.541 e. The summed E-state index contributed by atoms with van der Waals surface area (Å²) in [5.74, 6) is -0.822. The SMILES string of the molecule is O=C([O-])c1nc2n(n1)C(c1ccccc1)CC2.[Li+]. The number of aryl methyl sites for hydroxylation is 1. The van der Waals surface area contributed by atoms with Gasteiger partial charge in [0.1, 0.15) is 11.8 Å². The Morgan fingerprint density at radius 1 is 1.33 bits per heavy atom. The molecule has 1 aliphatic rings. The molecule has 1 aliphatic heterocycles. The maximum absolute atomic E-state index is 10.7. The predicted molar refractivity (Wildman–Crippen MR) is 57.3 cm³/mol. The van der Waals surface area contributed by atoms with Crippen LogP contribution < -0.4 is 24.0 Å². The monoisotopic (exact) mass is 235 g/mol. The van der Waals surface area contributed by atoms with E-state index in [1.165, 1.54) is 0 Å². The Kier molecular flexibility index (Phi) is 3.55. The van der Waals surface area contributed by atoms with E-state index in [0.29, 0.717) is 0 Å². The number of carbonyl (C=O) groups is 1. The third-order valence-corrected chi connectivity index (χ3v) is 3.01. The molecule has 0 fully saturated rings. The number of carboxylic acids is 1. The van der Waals surface area contributed by atoms with Crippen LogP contribution in [0.4, 0.5) is 0 Å². The number of rotatable bonds is 2. The van der Waals surface area contributed by atoms with Crippen molar-refractivity contribution in [2.75, 3.05) is 0 Å². The van der Waals surface area contributed by atoms with Gasteiger partial charge in [-0.25, -0.2) is 9.67 Å². The molecule has 0 N–H and O–H groups in total. The Balaban J connectivity index is 0.00000120. The third-order valence-electron chi connectivity index (χ3n) is 3.01. The molecule has 0 saturated carbocycles. The van der Waals surface area contributed by atoms with Gasteiger partial charge in [0.2, 0.25) is 0 Å². The fraction of sp³-hybridized carbons (Fsp3) is 0.250. The molecule has 2 heterocycles. The molecule has 1 unspecified atom stereocenters. The van der Waals surface area contributed by atoms with Crippen molar-refractivity contribution in [3.8, 4) is 0 Å². The van der Waals surface area contributed by atoms with Gasteiger partial charge in [-0.1, -0.05) is 30.3 Å². The topological polar surface area (TPSA) is 70.8 Å². The van der Waals surface area contributed by atoms with Crippen LogP contribution in [0.2, 0.25) is 0 Å². The molecular formula is C12H10LiN3O2. The number of aromatic carboxylic acids is 1. The molecule has 2 aromatic rings. The zero-order chi connectivity index (χ0) is 11.8. The number of carboxylic acid groups (broad SMARTS) is 1. The number of aromatic nitrogens is 3. The first-order valence-corrected chi connectivity index (χ1v) is 5.47. The molecule has 1 aromatic heterocycles. The first-order valence-electron chi connectivity index (χ1n) is 5.47. The maximum Gasteiger partial charge on any atom is 1.00 e. The molecule has 0 spiro atoms. The average Bonchev–Trinajstić information content (AvgIpc) is 2.89. The van der Waals surface area contributed by atoms with E-state index in [2.05, 4.69) is 10.1 Å². The molecule has 6 heteroatoms. The summed E-state index contributed by atoms with van der Waals surface area (Å²) < 4.78 is 1.69. The van der Waals surface area contributed by atoms with Crippen molar-refractivity contribution >= 4 is 5.97 Å². The van der Waals surface area contributed by atoms with Crippen LogP contribution in [0.3, 0.4) is 0 Å². The van der Waals surface area contributed by atoms with E-state index in [9.17, 15) is 9.90 Å². The van der Waals surface area contributed by atoms with Gasteiger partial charge in [0.15, 0.2) is 5.82 Å². The van der Waals surface area contributed by atoms with Crippen molar-refractivity contribution in [3.05, 3.63) is 47.5 Å². The molecule has 0 saturated heterocycles. The summed E-state index contributed by atoms with van der Waals surface area (Å²) in [5, 5.41) is 14.7. The Hall–Kier alpha value is -1.57. The molecule has 0 aliphatic carbocycles. The fourth-order valence-electron chi connectivity index (χ4n) is 2.23. The Labute approximate surface area is 116 Å². The van der Waals surface area contributed by atoms with E-state index in [1.807, 2.05) is 30.3 Å². The Morgan fingerprint density at radius 2 is 2.06 bits per heavy atom. The molecular weight excluding hydrogens is 225 g/mol. The molecule has 1 atom stereocenters. The second kappa shape index (κ2) is 4.97. The molecule has 0 amide bonds. The summed E-state index contributed by atoms with van der Waals surface area (Å²) >= 11 is 0. The van der Waals surface area contributed by atoms with Gasteiger partial charge in [-0.05, 0) is 12.0 Å². The summed E-state index contributed by atoms with van der Waals surface area (Å²) in [7, 11) is 0. The molecule has 0 bridgehead atoms. The summed E-state index contributed by atoms with van der Waals surface area (Å²) in [5.41, 5.74) is 1.13. The summed E-state index contributed by atoms with van der Waals surface area (Å²) in [6, 6.07) is 9.99. The number of benzene rings is 1. The molecule has 18 heavy (non-hydrogen) atoms. The van der Waals surface area contributed by atoms with Gasteiger partial charge in [-0.2, -0.15) is 0 Å². The van der Waals surface area contributed by atoms with Crippen molar-refractivity contribution in [2.24, 2.45) is 0 Å².